The van der Waals surface area contributed by atoms with Gasteiger partial charge in [0.25, 0.3) is 0 Å². The van der Waals surface area contributed by atoms with Gasteiger partial charge in [-0.2, -0.15) is 0 Å². The quantitative estimate of drug-likeness (QED) is 0.776. The molecule has 2 heterocycles. The van der Waals surface area contributed by atoms with Gasteiger partial charge in [0, 0.05) is 30.6 Å². The average molecular weight is 361 g/mol. The first-order valence-electron chi connectivity index (χ1n) is 9.01. The molecular weight excluding hydrogens is 336 g/mol. The molecule has 3 rings (SSSR count). The van der Waals surface area contributed by atoms with Gasteiger partial charge in [-0.05, 0) is 57.8 Å². The van der Waals surface area contributed by atoms with Crippen LogP contribution in [0.5, 0.6) is 5.75 Å². The molecule has 1 aromatic carbocycles. The Morgan fingerprint density at radius 2 is 2.00 bits per heavy atom. The van der Waals surface area contributed by atoms with Gasteiger partial charge in [-0.1, -0.05) is 0 Å². The molecule has 2 aromatic rings. The smallest absolute Gasteiger partial charge is 0.136 e. The van der Waals surface area contributed by atoms with Gasteiger partial charge in [-0.25, -0.2) is 8.78 Å². The molecule has 0 saturated carbocycles. The number of piperidine rings is 1. The molecule has 4 nitrogen and oxygen atoms in total. The van der Waals surface area contributed by atoms with Crippen molar-refractivity contribution in [3.63, 3.8) is 0 Å². The van der Waals surface area contributed by atoms with Gasteiger partial charge in [0.05, 0.1) is 18.5 Å². The molecular formula is C20H25F2N3O. The molecule has 140 valence electrons. The Kier molecular flexibility index (Phi) is 5.81. The first-order chi connectivity index (χ1) is 12.4. The molecule has 0 atom stereocenters. The predicted molar refractivity (Wildman–Crippen MR) is 97.3 cm³/mol. The summed E-state index contributed by atoms with van der Waals surface area (Å²) in [6.45, 7) is 6.00. The molecule has 1 fully saturated rings. The number of hydrogen-bond acceptors (Lipinski definition) is 4. The third kappa shape index (κ3) is 5.21. The third-order valence-corrected chi connectivity index (χ3v) is 4.57. The molecule has 0 amide bonds. The van der Waals surface area contributed by atoms with E-state index in [1.165, 1.54) is 18.5 Å². The maximum Gasteiger partial charge on any atom is 0.136 e. The van der Waals surface area contributed by atoms with Gasteiger partial charge >= 0.3 is 0 Å². The van der Waals surface area contributed by atoms with E-state index < -0.39 is 5.67 Å². The Bertz CT molecular complexity index is 711. The lowest BCUT2D eigenvalue weighted by Crippen LogP contribution is -2.41. The SMILES string of the molecule is CC(C)(F)CN1CCC(COc2ccc(-c3cnccn3)c(F)c2)CC1. The molecule has 1 saturated heterocycles. The van der Waals surface area contributed by atoms with Crippen LogP contribution in [0.3, 0.4) is 0 Å². The summed E-state index contributed by atoms with van der Waals surface area (Å²) in [5.41, 5.74) is -0.251. The van der Waals surface area contributed by atoms with E-state index in [1.807, 2.05) is 0 Å². The van der Waals surface area contributed by atoms with E-state index in [4.69, 9.17) is 4.74 Å². The van der Waals surface area contributed by atoms with Gasteiger partial charge < -0.3 is 9.64 Å². The van der Waals surface area contributed by atoms with Crippen molar-refractivity contribution in [1.82, 2.24) is 14.9 Å². The zero-order valence-electron chi connectivity index (χ0n) is 15.3. The number of alkyl halides is 1. The van der Waals surface area contributed by atoms with Crippen LogP contribution in [0.1, 0.15) is 26.7 Å². The van der Waals surface area contributed by atoms with Crippen molar-refractivity contribution in [3.05, 3.63) is 42.6 Å². The summed E-state index contributed by atoms with van der Waals surface area (Å²) in [7, 11) is 0. The number of hydrogen-bond donors (Lipinski definition) is 0. The standard InChI is InChI=1S/C20H25F2N3O/c1-20(2,22)14-25-9-5-15(6-10-25)13-26-16-3-4-17(18(21)11-16)19-12-23-7-8-24-19/h3-4,7-8,11-12,15H,5-6,9-10,13-14H2,1-2H3. The second-order valence-corrected chi connectivity index (χ2v) is 7.48. The molecule has 0 unspecified atom stereocenters. The highest BCUT2D eigenvalue weighted by Crippen LogP contribution is 2.26. The van der Waals surface area contributed by atoms with E-state index >= 15 is 0 Å². The molecule has 1 aliphatic rings. The van der Waals surface area contributed by atoms with Gasteiger partial charge in [0.15, 0.2) is 0 Å². The fourth-order valence-electron chi connectivity index (χ4n) is 3.29. The van der Waals surface area contributed by atoms with Crippen molar-refractivity contribution >= 4 is 0 Å². The van der Waals surface area contributed by atoms with Crippen molar-refractivity contribution in [1.29, 1.82) is 0 Å². The fraction of sp³-hybridized carbons (Fsp3) is 0.500. The molecule has 0 spiro atoms. The average Bonchev–Trinajstić information content (AvgIpc) is 2.61. The molecule has 0 radical (unpaired) electrons. The summed E-state index contributed by atoms with van der Waals surface area (Å²) >= 11 is 0. The molecule has 1 aromatic heterocycles. The first kappa shape index (κ1) is 18.7. The highest BCUT2D eigenvalue weighted by Gasteiger charge is 2.25. The predicted octanol–water partition coefficient (Wildman–Crippen LogP) is 4.12. The van der Waals surface area contributed by atoms with E-state index in [-0.39, 0.29) is 5.82 Å². The molecule has 0 bridgehead atoms. The Hall–Kier alpha value is -2.08. The van der Waals surface area contributed by atoms with Crippen LogP contribution in [-0.2, 0) is 0 Å². The number of aromatic nitrogens is 2. The number of benzene rings is 1. The van der Waals surface area contributed by atoms with Crippen molar-refractivity contribution in [2.75, 3.05) is 26.2 Å². The molecule has 6 heteroatoms. The minimum absolute atomic E-state index is 0.372. The van der Waals surface area contributed by atoms with Gasteiger partial charge in [0.2, 0.25) is 0 Å². The Balaban J connectivity index is 1.51. The Morgan fingerprint density at radius 1 is 1.23 bits per heavy atom. The fourth-order valence-corrected chi connectivity index (χ4v) is 3.29. The molecule has 1 aliphatic heterocycles. The highest BCUT2D eigenvalue weighted by atomic mass is 19.1. The third-order valence-electron chi connectivity index (χ3n) is 4.57. The highest BCUT2D eigenvalue weighted by molar-refractivity contribution is 5.59. The van der Waals surface area contributed by atoms with Crippen LogP contribution >= 0.6 is 0 Å². The Labute approximate surface area is 153 Å². The summed E-state index contributed by atoms with van der Waals surface area (Å²) in [6.07, 6.45) is 6.56. The number of rotatable bonds is 6. The van der Waals surface area contributed by atoms with Gasteiger partial charge in [-0.15, -0.1) is 0 Å². The summed E-state index contributed by atoms with van der Waals surface area (Å²) in [4.78, 5) is 10.2. The van der Waals surface area contributed by atoms with Crippen LogP contribution in [-0.4, -0.2) is 46.8 Å². The molecule has 0 N–H and O–H groups in total. The van der Waals surface area contributed by atoms with Crippen LogP contribution in [0.15, 0.2) is 36.8 Å². The van der Waals surface area contributed by atoms with E-state index in [0.717, 1.165) is 25.9 Å². The first-order valence-corrected chi connectivity index (χ1v) is 9.01. The molecule has 0 aliphatic carbocycles. The minimum atomic E-state index is -1.16. The topological polar surface area (TPSA) is 38.2 Å². The summed E-state index contributed by atoms with van der Waals surface area (Å²) in [5, 5.41) is 0. The van der Waals surface area contributed by atoms with Gasteiger partial charge in [-0.3, -0.25) is 9.97 Å². The maximum absolute atomic E-state index is 14.3. The van der Waals surface area contributed by atoms with Crippen LogP contribution < -0.4 is 4.74 Å². The normalized spacial score (nSPS) is 16.6. The number of halogens is 2. The summed E-state index contributed by atoms with van der Waals surface area (Å²) in [6, 6.07) is 4.82. The summed E-state index contributed by atoms with van der Waals surface area (Å²) < 4.78 is 33.8. The zero-order chi connectivity index (χ0) is 18.6. The van der Waals surface area contributed by atoms with E-state index in [2.05, 4.69) is 14.9 Å². The lowest BCUT2D eigenvalue weighted by Gasteiger charge is -2.34. The van der Waals surface area contributed by atoms with Crippen LogP contribution in [0.25, 0.3) is 11.3 Å². The largest absolute Gasteiger partial charge is 0.493 e. The zero-order valence-corrected chi connectivity index (χ0v) is 15.3. The minimum Gasteiger partial charge on any atom is -0.493 e. The van der Waals surface area contributed by atoms with E-state index in [0.29, 0.717) is 36.1 Å². The number of nitrogens with zero attached hydrogens (tertiary/aromatic N) is 3. The van der Waals surface area contributed by atoms with Crippen molar-refractivity contribution in [2.45, 2.75) is 32.4 Å². The van der Waals surface area contributed by atoms with Gasteiger partial charge in [0.1, 0.15) is 17.2 Å². The Morgan fingerprint density at radius 3 is 2.62 bits per heavy atom. The van der Waals surface area contributed by atoms with Crippen molar-refractivity contribution < 1.29 is 13.5 Å². The van der Waals surface area contributed by atoms with Crippen LogP contribution in [0, 0.1) is 11.7 Å². The van der Waals surface area contributed by atoms with Crippen LogP contribution in [0.4, 0.5) is 8.78 Å². The van der Waals surface area contributed by atoms with E-state index in [1.54, 1.807) is 32.2 Å². The number of ether oxygens (including phenoxy) is 1. The number of likely N-dealkylation sites (tertiary alicyclic amines) is 1. The van der Waals surface area contributed by atoms with E-state index in [9.17, 15) is 8.78 Å². The molecule has 26 heavy (non-hydrogen) atoms. The van der Waals surface area contributed by atoms with Crippen molar-refractivity contribution in [2.24, 2.45) is 5.92 Å². The lowest BCUT2D eigenvalue weighted by atomic mass is 9.97. The second kappa shape index (κ2) is 8.08. The monoisotopic (exact) mass is 361 g/mol. The lowest BCUT2D eigenvalue weighted by molar-refractivity contribution is 0.0836. The summed E-state index contributed by atoms with van der Waals surface area (Å²) in [5.74, 6) is 0.558. The van der Waals surface area contributed by atoms with Crippen molar-refractivity contribution in [3.8, 4) is 17.0 Å². The maximum atomic E-state index is 14.3. The second-order valence-electron chi connectivity index (χ2n) is 7.48. The van der Waals surface area contributed by atoms with Crippen LogP contribution in [0.2, 0.25) is 0 Å².